The van der Waals surface area contributed by atoms with Crippen molar-refractivity contribution < 1.29 is 48.1 Å². The first kappa shape index (κ1) is 13.1. The third kappa shape index (κ3) is 8.50. The van der Waals surface area contributed by atoms with Crippen molar-refractivity contribution in [3.63, 3.8) is 0 Å². The fraction of sp³-hybridized carbons (Fsp3) is 0.429. The third-order valence-corrected chi connectivity index (χ3v) is 0.805. The number of carbonyl (C=O) groups excluding carboxylic acids is 1. The fourth-order valence-electron chi connectivity index (χ4n) is 0.334. The molecule has 0 aliphatic heterocycles. The van der Waals surface area contributed by atoms with Crippen LogP contribution in [-0.4, -0.2) is 12.6 Å². The van der Waals surface area contributed by atoms with E-state index in [1.807, 2.05) is 0 Å². The zero-order valence-electron chi connectivity index (χ0n) is 5.76. The molecule has 0 N–H and O–H groups in total. The van der Waals surface area contributed by atoms with E-state index in [1.165, 1.54) is 0 Å². The van der Waals surface area contributed by atoms with Gasteiger partial charge in [-0.05, 0) is 6.42 Å². The molecule has 0 spiro atoms. The van der Waals surface area contributed by atoms with Gasteiger partial charge < -0.3 is 11.7 Å². The maximum Gasteiger partial charge on any atom is 0.330 e. The average molecular weight is 286 g/mol. The largest absolute Gasteiger partial charge is 0.463 e. The number of esters is 1. The number of ether oxygens (including phenoxy) is 1. The van der Waals surface area contributed by atoms with Crippen LogP contribution in [0.25, 0.3) is 0 Å². The third-order valence-electron chi connectivity index (χ3n) is 0.805. The smallest absolute Gasteiger partial charge is 0.330 e. The van der Waals surface area contributed by atoms with E-state index >= 15 is 0 Å². The molecule has 0 aliphatic carbocycles. The van der Waals surface area contributed by atoms with Crippen molar-refractivity contribution in [1.29, 1.82) is 0 Å². The molecule has 3 heteroatoms. The molecular weight excluding hydrogens is 275 g/mol. The van der Waals surface area contributed by atoms with E-state index in [1.54, 1.807) is 0 Å². The minimum atomic E-state index is -0.358. The maximum absolute atomic E-state index is 10.3. The molecule has 1 radical (unpaired) electrons. The van der Waals surface area contributed by atoms with Crippen LogP contribution < -0.4 is 0 Å². The first-order valence-electron chi connectivity index (χ1n) is 2.89. The van der Waals surface area contributed by atoms with Gasteiger partial charge in [-0.1, -0.05) is 6.58 Å². The van der Waals surface area contributed by atoms with Gasteiger partial charge in [0.15, 0.2) is 0 Å². The zero-order valence-corrected chi connectivity index (χ0v) is 7.90. The summed E-state index contributed by atoms with van der Waals surface area (Å²) in [5.41, 5.74) is 0. The summed E-state index contributed by atoms with van der Waals surface area (Å²) in [6.07, 6.45) is 2.77. The van der Waals surface area contributed by atoms with E-state index in [4.69, 9.17) is 0 Å². The summed E-state index contributed by atoms with van der Waals surface area (Å²) in [5.74, 6) is -0.358. The van der Waals surface area contributed by atoms with E-state index in [9.17, 15) is 4.79 Å². The molecule has 0 saturated carbocycles. The van der Waals surface area contributed by atoms with Crippen LogP contribution in [0.2, 0.25) is 0 Å². The summed E-state index contributed by atoms with van der Waals surface area (Å²) >= 11 is 0. The quantitative estimate of drug-likeness (QED) is 0.337. The van der Waals surface area contributed by atoms with Crippen molar-refractivity contribution in [1.82, 2.24) is 0 Å². The number of unbranched alkanes of at least 4 members (excludes halogenated alkanes) is 1. The second-order valence-electron chi connectivity index (χ2n) is 1.58. The molecular formula is C7H11O2Tb-. The second-order valence-corrected chi connectivity index (χ2v) is 1.58. The van der Waals surface area contributed by atoms with Gasteiger partial charge in [-0.2, -0.15) is 6.42 Å². The molecule has 2 nitrogen and oxygen atoms in total. The Balaban J connectivity index is 0. The zero-order chi connectivity index (χ0) is 7.11. The standard InChI is InChI=1S/C7H11O2.Tb/c1-3-5-6-9-7(8)4-2;/h4H,1-3,5-6H2;/q-1;. The predicted octanol–water partition coefficient (Wildman–Crippen LogP) is 1.33. The minimum absolute atomic E-state index is 0. The Bertz CT molecular complexity index is 102. The molecule has 0 aliphatic rings. The molecule has 0 aromatic heterocycles. The van der Waals surface area contributed by atoms with Crippen LogP contribution in [-0.2, 0) is 9.53 Å². The van der Waals surface area contributed by atoms with E-state index in [-0.39, 0.29) is 44.6 Å². The molecule has 0 unspecified atom stereocenters. The Morgan fingerprint density at radius 1 is 1.70 bits per heavy atom. The molecule has 0 saturated heterocycles. The normalized spacial score (nSPS) is 7.70. The number of carbonyl (C=O) groups is 1. The molecule has 10 heavy (non-hydrogen) atoms. The second kappa shape index (κ2) is 9.50. The van der Waals surface area contributed by atoms with E-state index in [2.05, 4.69) is 18.2 Å². The average Bonchev–Trinajstić information content (AvgIpc) is 1.89. The van der Waals surface area contributed by atoms with Crippen molar-refractivity contribution in [2.75, 3.05) is 6.61 Å². The summed E-state index contributed by atoms with van der Waals surface area (Å²) in [5, 5.41) is 0. The van der Waals surface area contributed by atoms with Gasteiger partial charge in [0, 0.05) is 44.7 Å². The van der Waals surface area contributed by atoms with Crippen LogP contribution in [0.5, 0.6) is 0 Å². The van der Waals surface area contributed by atoms with Gasteiger partial charge in [0.1, 0.15) is 0 Å². The molecule has 0 amide bonds. The van der Waals surface area contributed by atoms with Gasteiger partial charge in [-0.25, -0.2) is 4.79 Å². The van der Waals surface area contributed by atoms with E-state index in [0.717, 1.165) is 18.9 Å². The van der Waals surface area contributed by atoms with Crippen LogP contribution in [0.4, 0.5) is 0 Å². The summed E-state index contributed by atoms with van der Waals surface area (Å²) in [6, 6.07) is 0. The Kier molecular flexibility index (Phi) is 12.5. The number of hydrogen-bond acceptors (Lipinski definition) is 2. The van der Waals surface area contributed by atoms with Crippen LogP contribution >= 0.6 is 0 Å². The minimum Gasteiger partial charge on any atom is -0.463 e. The molecule has 0 heterocycles. The number of rotatable bonds is 4. The van der Waals surface area contributed by atoms with Gasteiger partial charge in [0.05, 0.1) is 6.61 Å². The number of hydrogen-bond donors (Lipinski definition) is 0. The molecule has 0 aromatic carbocycles. The molecule has 0 fully saturated rings. The first-order chi connectivity index (χ1) is 4.31. The summed E-state index contributed by atoms with van der Waals surface area (Å²) < 4.78 is 4.63. The van der Waals surface area contributed by atoms with Crippen molar-refractivity contribution in [3.05, 3.63) is 19.6 Å². The van der Waals surface area contributed by atoms with Crippen LogP contribution in [0, 0.1) is 45.5 Å². The topological polar surface area (TPSA) is 26.3 Å². The molecule has 0 bridgehead atoms. The fourth-order valence-corrected chi connectivity index (χ4v) is 0.334. The van der Waals surface area contributed by atoms with Crippen LogP contribution in [0.1, 0.15) is 12.8 Å². The maximum atomic E-state index is 10.3. The Morgan fingerprint density at radius 3 is 2.70 bits per heavy atom. The van der Waals surface area contributed by atoms with Crippen LogP contribution in [0.3, 0.4) is 0 Å². The van der Waals surface area contributed by atoms with E-state index in [0.29, 0.717) is 6.61 Å². The monoisotopic (exact) mass is 286 g/mol. The summed E-state index contributed by atoms with van der Waals surface area (Å²) in [7, 11) is 0. The van der Waals surface area contributed by atoms with E-state index < -0.39 is 0 Å². The van der Waals surface area contributed by atoms with Gasteiger partial charge in [-0.15, -0.1) is 0 Å². The molecule has 0 aromatic rings. The van der Waals surface area contributed by atoms with Crippen molar-refractivity contribution in [3.8, 4) is 0 Å². The van der Waals surface area contributed by atoms with Crippen molar-refractivity contribution >= 4 is 5.97 Å². The van der Waals surface area contributed by atoms with Gasteiger partial charge in [0.25, 0.3) is 0 Å². The molecule has 0 rings (SSSR count). The van der Waals surface area contributed by atoms with Crippen LogP contribution in [0.15, 0.2) is 12.7 Å². The molecule has 0 atom stereocenters. The van der Waals surface area contributed by atoms with Gasteiger partial charge in [-0.3, -0.25) is 0 Å². The Morgan fingerprint density at radius 2 is 2.30 bits per heavy atom. The van der Waals surface area contributed by atoms with Gasteiger partial charge >= 0.3 is 5.97 Å². The first-order valence-corrected chi connectivity index (χ1v) is 2.89. The SMILES string of the molecule is C=CC(=O)OCCC[CH2-].[Tb]. The van der Waals surface area contributed by atoms with Crippen molar-refractivity contribution in [2.24, 2.45) is 0 Å². The summed E-state index contributed by atoms with van der Waals surface area (Å²) in [4.78, 5) is 10.3. The van der Waals surface area contributed by atoms with Gasteiger partial charge in [0.2, 0.25) is 0 Å². The Hall–Kier alpha value is 0.496. The van der Waals surface area contributed by atoms with Crippen molar-refractivity contribution in [2.45, 2.75) is 12.8 Å². The molecule has 61 valence electrons. The Labute approximate surface area is 92.5 Å². The predicted molar refractivity (Wildman–Crippen MR) is 35.7 cm³/mol. The summed E-state index contributed by atoms with van der Waals surface area (Å²) in [6.45, 7) is 7.29.